The fourth-order valence-corrected chi connectivity index (χ4v) is 2.04. The maximum atomic E-state index is 11.0. The minimum absolute atomic E-state index is 0.127. The van der Waals surface area contributed by atoms with E-state index in [0.29, 0.717) is 15.2 Å². The third kappa shape index (κ3) is 3.11. The number of anilines is 1. The number of benzene rings is 1. The predicted octanol–water partition coefficient (Wildman–Crippen LogP) is 3.62. The summed E-state index contributed by atoms with van der Waals surface area (Å²) in [6, 6.07) is 3.32. The number of carbonyl (C=O) groups is 1. The third-order valence-corrected chi connectivity index (χ3v) is 2.47. The zero-order valence-corrected chi connectivity index (χ0v) is 10.7. The van der Waals surface area contributed by atoms with E-state index < -0.39 is 5.97 Å². The van der Waals surface area contributed by atoms with Crippen molar-refractivity contribution in [2.24, 2.45) is 0 Å². The molecule has 0 spiro atoms. The number of halogens is 2. The number of hydrogen-bond donors (Lipinski definition) is 2. The topological polar surface area (TPSA) is 49.3 Å². The van der Waals surface area contributed by atoms with Crippen molar-refractivity contribution in [3.8, 4) is 0 Å². The van der Waals surface area contributed by atoms with Gasteiger partial charge in [-0.1, -0.05) is 27.5 Å². The van der Waals surface area contributed by atoms with E-state index in [1.165, 1.54) is 6.07 Å². The van der Waals surface area contributed by atoms with Crippen LogP contribution >= 0.6 is 27.5 Å². The Hall–Kier alpha value is -0.740. The van der Waals surface area contributed by atoms with Gasteiger partial charge in [0.2, 0.25) is 0 Å². The summed E-state index contributed by atoms with van der Waals surface area (Å²) in [7, 11) is 0. The maximum absolute atomic E-state index is 11.0. The summed E-state index contributed by atoms with van der Waals surface area (Å²) in [4.78, 5) is 11.0. The molecule has 0 aromatic heterocycles. The molecule has 2 N–H and O–H groups in total. The highest BCUT2D eigenvalue weighted by Gasteiger charge is 2.15. The molecule has 0 radical (unpaired) electrons. The predicted molar refractivity (Wildman–Crippen MR) is 64.9 cm³/mol. The molecule has 0 bridgehead atoms. The van der Waals surface area contributed by atoms with Gasteiger partial charge < -0.3 is 10.4 Å². The molecule has 0 saturated heterocycles. The highest BCUT2D eigenvalue weighted by atomic mass is 79.9. The van der Waals surface area contributed by atoms with Gasteiger partial charge in [-0.05, 0) is 26.0 Å². The van der Waals surface area contributed by atoms with E-state index in [2.05, 4.69) is 21.2 Å². The van der Waals surface area contributed by atoms with Crippen molar-refractivity contribution in [1.82, 2.24) is 0 Å². The van der Waals surface area contributed by atoms with E-state index in [1.54, 1.807) is 6.07 Å². The Labute approximate surface area is 102 Å². The number of aromatic carboxylic acids is 1. The van der Waals surface area contributed by atoms with Crippen LogP contribution in [0.5, 0.6) is 0 Å². The number of rotatable bonds is 3. The van der Waals surface area contributed by atoms with E-state index >= 15 is 0 Å². The quantitative estimate of drug-likeness (QED) is 0.894. The van der Waals surface area contributed by atoms with Crippen molar-refractivity contribution >= 4 is 39.2 Å². The average Bonchev–Trinajstić information content (AvgIpc) is 2.08. The van der Waals surface area contributed by atoms with Crippen LogP contribution in [-0.4, -0.2) is 17.1 Å². The fraction of sp³-hybridized carbons (Fsp3) is 0.300. The molecule has 0 heterocycles. The maximum Gasteiger partial charge on any atom is 0.337 e. The standard InChI is InChI=1S/C10H11BrClNO2/c1-5(2)13-9-7(10(14)15)3-6(11)4-8(9)12/h3-5,13H,1-2H3,(H,14,15). The minimum Gasteiger partial charge on any atom is -0.478 e. The van der Waals surface area contributed by atoms with Gasteiger partial charge in [-0.25, -0.2) is 4.79 Å². The van der Waals surface area contributed by atoms with Crippen molar-refractivity contribution < 1.29 is 9.90 Å². The molecule has 5 heteroatoms. The van der Waals surface area contributed by atoms with Crippen molar-refractivity contribution in [3.05, 3.63) is 27.2 Å². The normalized spacial score (nSPS) is 10.5. The van der Waals surface area contributed by atoms with Crippen LogP contribution in [0.15, 0.2) is 16.6 Å². The molecule has 3 nitrogen and oxygen atoms in total. The van der Waals surface area contributed by atoms with Gasteiger partial charge in [-0.15, -0.1) is 0 Å². The van der Waals surface area contributed by atoms with Crippen LogP contribution in [0.4, 0.5) is 5.69 Å². The molecule has 82 valence electrons. The van der Waals surface area contributed by atoms with Gasteiger partial charge in [0, 0.05) is 10.5 Å². The molecule has 0 amide bonds. The molecule has 0 saturated carbocycles. The summed E-state index contributed by atoms with van der Waals surface area (Å²) in [6.07, 6.45) is 0. The summed E-state index contributed by atoms with van der Waals surface area (Å²) in [5.41, 5.74) is 0.630. The molecule has 0 aliphatic rings. The third-order valence-electron chi connectivity index (χ3n) is 1.72. The Balaban J connectivity index is 3.27. The molecular formula is C10H11BrClNO2. The number of hydrogen-bond acceptors (Lipinski definition) is 2. The van der Waals surface area contributed by atoms with Gasteiger partial charge in [0.1, 0.15) is 0 Å². The lowest BCUT2D eigenvalue weighted by Crippen LogP contribution is -2.14. The van der Waals surface area contributed by atoms with Crippen molar-refractivity contribution in [2.75, 3.05) is 5.32 Å². The first-order valence-electron chi connectivity index (χ1n) is 4.40. The first-order valence-corrected chi connectivity index (χ1v) is 5.57. The van der Waals surface area contributed by atoms with Crippen LogP contribution in [0, 0.1) is 0 Å². The molecule has 15 heavy (non-hydrogen) atoms. The Kier molecular flexibility index (Phi) is 3.99. The lowest BCUT2D eigenvalue weighted by molar-refractivity contribution is 0.0698. The molecule has 1 aromatic carbocycles. The molecule has 1 rings (SSSR count). The average molecular weight is 293 g/mol. The number of carboxylic acid groups (broad SMARTS) is 1. The monoisotopic (exact) mass is 291 g/mol. The Bertz CT molecular complexity index is 393. The first-order chi connectivity index (χ1) is 6.91. The molecule has 0 aliphatic carbocycles. The smallest absolute Gasteiger partial charge is 0.337 e. The molecule has 1 aromatic rings. The zero-order valence-electron chi connectivity index (χ0n) is 8.34. The Morgan fingerprint density at radius 2 is 2.13 bits per heavy atom. The summed E-state index contributed by atoms with van der Waals surface area (Å²) in [5.74, 6) is -0.999. The van der Waals surface area contributed by atoms with Crippen LogP contribution < -0.4 is 5.32 Å². The van der Waals surface area contributed by atoms with Crippen LogP contribution in [0.2, 0.25) is 5.02 Å². The first kappa shape index (κ1) is 12.3. The number of carboxylic acids is 1. The fourth-order valence-electron chi connectivity index (χ4n) is 1.18. The van der Waals surface area contributed by atoms with Gasteiger partial charge in [0.15, 0.2) is 0 Å². The Morgan fingerprint density at radius 1 is 1.53 bits per heavy atom. The van der Waals surface area contributed by atoms with Crippen molar-refractivity contribution in [2.45, 2.75) is 19.9 Å². The summed E-state index contributed by atoms with van der Waals surface area (Å²) in [6.45, 7) is 3.84. The van der Waals surface area contributed by atoms with E-state index in [1.807, 2.05) is 13.8 Å². The van der Waals surface area contributed by atoms with E-state index in [0.717, 1.165) is 0 Å². The lowest BCUT2D eigenvalue weighted by Gasteiger charge is -2.14. The van der Waals surface area contributed by atoms with Crippen LogP contribution in [0.1, 0.15) is 24.2 Å². The van der Waals surface area contributed by atoms with E-state index in [-0.39, 0.29) is 11.6 Å². The second-order valence-electron chi connectivity index (χ2n) is 3.41. The van der Waals surface area contributed by atoms with Crippen LogP contribution in [-0.2, 0) is 0 Å². The molecular weight excluding hydrogens is 281 g/mol. The molecule has 0 fully saturated rings. The highest BCUT2D eigenvalue weighted by molar-refractivity contribution is 9.10. The van der Waals surface area contributed by atoms with E-state index in [9.17, 15) is 4.79 Å². The summed E-state index contributed by atoms with van der Waals surface area (Å²) >= 11 is 9.17. The van der Waals surface area contributed by atoms with Crippen LogP contribution in [0.25, 0.3) is 0 Å². The number of nitrogens with one attached hydrogen (secondary N) is 1. The van der Waals surface area contributed by atoms with E-state index in [4.69, 9.17) is 16.7 Å². The second kappa shape index (κ2) is 4.86. The minimum atomic E-state index is -0.999. The second-order valence-corrected chi connectivity index (χ2v) is 4.74. The molecule has 0 aliphatic heterocycles. The van der Waals surface area contributed by atoms with Gasteiger partial charge >= 0.3 is 5.97 Å². The summed E-state index contributed by atoms with van der Waals surface area (Å²) in [5, 5.41) is 12.4. The molecule has 0 unspecified atom stereocenters. The van der Waals surface area contributed by atoms with Gasteiger partial charge in [0.05, 0.1) is 16.3 Å². The van der Waals surface area contributed by atoms with Crippen molar-refractivity contribution in [3.63, 3.8) is 0 Å². The molecule has 0 atom stereocenters. The highest BCUT2D eigenvalue weighted by Crippen LogP contribution is 2.30. The SMILES string of the molecule is CC(C)Nc1c(Cl)cc(Br)cc1C(=O)O. The van der Waals surface area contributed by atoms with Gasteiger partial charge in [-0.3, -0.25) is 0 Å². The van der Waals surface area contributed by atoms with Gasteiger partial charge in [-0.2, -0.15) is 0 Å². The summed E-state index contributed by atoms with van der Waals surface area (Å²) < 4.78 is 0.652. The van der Waals surface area contributed by atoms with Crippen molar-refractivity contribution in [1.29, 1.82) is 0 Å². The zero-order chi connectivity index (χ0) is 11.6. The Morgan fingerprint density at radius 3 is 2.60 bits per heavy atom. The largest absolute Gasteiger partial charge is 0.478 e. The van der Waals surface area contributed by atoms with Crippen LogP contribution in [0.3, 0.4) is 0 Å². The lowest BCUT2D eigenvalue weighted by atomic mass is 10.1. The van der Waals surface area contributed by atoms with Gasteiger partial charge in [0.25, 0.3) is 0 Å².